The molecule has 1 aromatic carbocycles. The lowest BCUT2D eigenvalue weighted by Gasteiger charge is -2.22. The van der Waals surface area contributed by atoms with Crippen LogP contribution in [0, 0.1) is 17.3 Å². The van der Waals surface area contributed by atoms with Gasteiger partial charge in [-0.05, 0) is 42.4 Å². The van der Waals surface area contributed by atoms with Gasteiger partial charge in [0.2, 0.25) is 0 Å². The van der Waals surface area contributed by atoms with Gasteiger partial charge in [-0.2, -0.15) is 0 Å². The molecule has 0 aromatic heterocycles. The van der Waals surface area contributed by atoms with Gasteiger partial charge in [0.25, 0.3) is 5.91 Å². The summed E-state index contributed by atoms with van der Waals surface area (Å²) in [6.45, 7) is 9.01. The predicted octanol–water partition coefficient (Wildman–Crippen LogP) is 2.81. The molecule has 2 atom stereocenters. The Bertz CT molecular complexity index is 495. The number of hydrogen-bond donors (Lipinski definition) is 0. The Morgan fingerprint density at radius 2 is 2.05 bits per heavy atom. The van der Waals surface area contributed by atoms with Gasteiger partial charge in [-0.15, -0.1) is 0 Å². The maximum absolute atomic E-state index is 12.5. The maximum atomic E-state index is 12.5. The number of nitrogens with zero attached hydrogens (tertiary/aromatic N) is 1. The van der Waals surface area contributed by atoms with Crippen LogP contribution in [0.15, 0.2) is 24.3 Å². The normalized spacial score (nSPS) is 27.0. The van der Waals surface area contributed by atoms with Crippen LogP contribution in [0.5, 0.6) is 5.75 Å². The zero-order chi connectivity index (χ0) is 13.6. The molecule has 2 aliphatic rings. The molecule has 1 amide bonds. The number of benzene rings is 1. The molecule has 2 fully saturated rings. The van der Waals surface area contributed by atoms with Crippen LogP contribution in [0.25, 0.3) is 0 Å². The second-order valence-corrected chi connectivity index (χ2v) is 6.21. The first-order chi connectivity index (χ1) is 9.04. The van der Waals surface area contributed by atoms with Gasteiger partial charge in [0.15, 0.2) is 0 Å². The number of likely N-dealkylation sites (tertiary alicyclic amines) is 1. The predicted molar refractivity (Wildman–Crippen MR) is 74.3 cm³/mol. The Balaban J connectivity index is 1.70. The Morgan fingerprint density at radius 1 is 1.37 bits per heavy atom. The molecule has 102 valence electrons. The van der Waals surface area contributed by atoms with Crippen LogP contribution in [0.2, 0.25) is 0 Å². The molecule has 19 heavy (non-hydrogen) atoms. The first kappa shape index (κ1) is 12.5. The van der Waals surface area contributed by atoms with E-state index in [9.17, 15) is 4.79 Å². The molecule has 0 bridgehead atoms. The number of rotatable bonds is 3. The van der Waals surface area contributed by atoms with Gasteiger partial charge < -0.3 is 9.64 Å². The van der Waals surface area contributed by atoms with Crippen LogP contribution in [0.3, 0.4) is 0 Å². The first-order valence-corrected chi connectivity index (χ1v) is 7.06. The van der Waals surface area contributed by atoms with Crippen molar-refractivity contribution in [3.8, 4) is 5.75 Å². The molecular formula is C16H21NO2. The summed E-state index contributed by atoms with van der Waals surface area (Å²) in [6, 6.07) is 7.50. The minimum absolute atomic E-state index is 0.143. The number of piperidine rings is 1. The number of amides is 1. The number of hydrogen-bond acceptors (Lipinski definition) is 2. The summed E-state index contributed by atoms with van der Waals surface area (Å²) in [5.41, 5.74) is 1.19. The quantitative estimate of drug-likeness (QED) is 0.835. The third-order valence-corrected chi connectivity index (χ3v) is 4.80. The highest BCUT2D eigenvalue weighted by atomic mass is 16.5. The van der Waals surface area contributed by atoms with Crippen molar-refractivity contribution >= 4 is 5.91 Å². The number of fused-ring (bicyclic) bond motifs is 1. The van der Waals surface area contributed by atoms with Crippen molar-refractivity contribution < 1.29 is 9.53 Å². The largest absolute Gasteiger partial charge is 0.494 e. The number of carbonyl (C=O) groups is 1. The standard InChI is InChI=1S/C16H21NO2/c1-4-19-12-7-5-6-11(8-12)15(18)17-9-13-14(10-17)16(13,2)3/h5-8,13-14H,4,9-10H2,1-3H3. The summed E-state index contributed by atoms with van der Waals surface area (Å²) in [6.07, 6.45) is 0. The smallest absolute Gasteiger partial charge is 0.254 e. The van der Waals surface area contributed by atoms with Gasteiger partial charge >= 0.3 is 0 Å². The van der Waals surface area contributed by atoms with Gasteiger partial charge in [0, 0.05) is 18.7 Å². The molecule has 1 aromatic rings. The summed E-state index contributed by atoms with van der Waals surface area (Å²) >= 11 is 0. The highest BCUT2D eigenvalue weighted by molar-refractivity contribution is 5.95. The molecule has 3 heteroatoms. The lowest BCUT2D eigenvalue weighted by Crippen LogP contribution is -2.32. The van der Waals surface area contributed by atoms with Crippen molar-refractivity contribution in [3.05, 3.63) is 29.8 Å². The zero-order valence-corrected chi connectivity index (χ0v) is 11.8. The van der Waals surface area contributed by atoms with Crippen molar-refractivity contribution in [1.82, 2.24) is 4.90 Å². The maximum Gasteiger partial charge on any atom is 0.254 e. The summed E-state index contributed by atoms with van der Waals surface area (Å²) < 4.78 is 5.45. The van der Waals surface area contributed by atoms with E-state index in [-0.39, 0.29) is 5.91 Å². The molecule has 1 heterocycles. The van der Waals surface area contributed by atoms with E-state index in [1.807, 2.05) is 36.1 Å². The molecule has 0 N–H and O–H groups in total. The van der Waals surface area contributed by atoms with E-state index in [4.69, 9.17) is 4.74 Å². The van der Waals surface area contributed by atoms with Crippen LogP contribution in [0.4, 0.5) is 0 Å². The number of carbonyl (C=O) groups excluding carboxylic acids is 1. The van der Waals surface area contributed by atoms with E-state index >= 15 is 0 Å². The molecule has 3 rings (SSSR count). The first-order valence-electron chi connectivity index (χ1n) is 7.06. The topological polar surface area (TPSA) is 29.5 Å². The number of ether oxygens (including phenoxy) is 1. The molecule has 1 saturated heterocycles. The minimum atomic E-state index is 0.143. The van der Waals surface area contributed by atoms with Gasteiger partial charge in [-0.25, -0.2) is 0 Å². The van der Waals surface area contributed by atoms with Gasteiger partial charge in [-0.3, -0.25) is 4.79 Å². The summed E-state index contributed by atoms with van der Waals surface area (Å²) in [5.74, 6) is 2.32. The minimum Gasteiger partial charge on any atom is -0.494 e. The highest BCUT2D eigenvalue weighted by Crippen LogP contribution is 2.62. The van der Waals surface area contributed by atoms with Crippen LogP contribution in [0.1, 0.15) is 31.1 Å². The van der Waals surface area contributed by atoms with E-state index in [0.29, 0.717) is 23.9 Å². The van der Waals surface area contributed by atoms with Gasteiger partial charge in [0.05, 0.1) is 6.61 Å². The van der Waals surface area contributed by atoms with Crippen molar-refractivity contribution in [1.29, 1.82) is 0 Å². The molecule has 1 aliphatic heterocycles. The second kappa shape index (κ2) is 4.26. The fourth-order valence-corrected chi connectivity index (χ4v) is 3.37. The molecular weight excluding hydrogens is 238 g/mol. The Labute approximate surface area is 114 Å². The third-order valence-electron chi connectivity index (χ3n) is 4.80. The summed E-state index contributed by atoms with van der Waals surface area (Å²) in [4.78, 5) is 14.4. The molecule has 1 saturated carbocycles. The fourth-order valence-electron chi connectivity index (χ4n) is 3.37. The average molecular weight is 259 g/mol. The van der Waals surface area contributed by atoms with Crippen LogP contribution < -0.4 is 4.74 Å². The molecule has 0 spiro atoms. The monoisotopic (exact) mass is 259 g/mol. The van der Waals surface area contributed by atoms with E-state index < -0.39 is 0 Å². The third kappa shape index (κ3) is 2.01. The van der Waals surface area contributed by atoms with Crippen LogP contribution in [-0.4, -0.2) is 30.5 Å². The summed E-state index contributed by atoms with van der Waals surface area (Å²) in [7, 11) is 0. The van der Waals surface area contributed by atoms with Crippen LogP contribution >= 0.6 is 0 Å². The fraction of sp³-hybridized carbons (Fsp3) is 0.562. The summed E-state index contributed by atoms with van der Waals surface area (Å²) in [5, 5.41) is 0. The molecule has 2 unspecified atom stereocenters. The van der Waals surface area contributed by atoms with Gasteiger partial charge in [-0.1, -0.05) is 19.9 Å². The van der Waals surface area contributed by atoms with Gasteiger partial charge in [0.1, 0.15) is 5.75 Å². The second-order valence-electron chi connectivity index (χ2n) is 6.21. The lowest BCUT2D eigenvalue weighted by atomic mass is 10.1. The zero-order valence-electron chi connectivity index (χ0n) is 11.8. The molecule has 1 aliphatic carbocycles. The lowest BCUT2D eigenvalue weighted by molar-refractivity contribution is 0.0757. The Hall–Kier alpha value is -1.51. The van der Waals surface area contributed by atoms with Crippen molar-refractivity contribution in [3.63, 3.8) is 0 Å². The molecule has 0 radical (unpaired) electrons. The van der Waals surface area contributed by atoms with Crippen molar-refractivity contribution in [2.45, 2.75) is 20.8 Å². The van der Waals surface area contributed by atoms with Crippen LogP contribution in [-0.2, 0) is 0 Å². The Kier molecular flexibility index (Phi) is 2.80. The van der Waals surface area contributed by atoms with E-state index in [2.05, 4.69) is 13.8 Å². The average Bonchev–Trinajstić information content (AvgIpc) is 2.80. The Morgan fingerprint density at radius 3 is 2.68 bits per heavy atom. The van der Waals surface area contributed by atoms with Crippen molar-refractivity contribution in [2.24, 2.45) is 17.3 Å². The van der Waals surface area contributed by atoms with Crippen molar-refractivity contribution in [2.75, 3.05) is 19.7 Å². The van der Waals surface area contributed by atoms with E-state index in [1.54, 1.807) is 0 Å². The SMILES string of the molecule is CCOc1cccc(C(=O)N2CC3C(C2)C3(C)C)c1. The van der Waals surface area contributed by atoms with E-state index in [0.717, 1.165) is 24.4 Å². The molecule has 3 nitrogen and oxygen atoms in total. The highest BCUT2D eigenvalue weighted by Gasteiger charge is 2.62. The van der Waals surface area contributed by atoms with E-state index in [1.165, 1.54) is 0 Å².